The molecule has 8 aromatic rings. The summed E-state index contributed by atoms with van der Waals surface area (Å²) in [6, 6.07) is 67.9. The van der Waals surface area contributed by atoms with Crippen molar-refractivity contribution < 1.29 is 0 Å². The van der Waals surface area contributed by atoms with Crippen LogP contribution in [0.25, 0.3) is 56.2 Å². The Morgan fingerprint density at radius 3 is 1.41 bits per heavy atom. The first-order valence-electron chi connectivity index (χ1n) is 17.1. The van der Waals surface area contributed by atoms with Crippen LogP contribution in [0.3, 0.4) is 0 Å². The summed E-state index contributed by atoms with van der Waals surface area (Å²) < 4.78 is 0. The SMILES string of the molecule is N#Cc1ccc2c(c1)C(c1ccccc1)(c1ccccc1)c1cc(-c3ccc(-c4cc(-c5ccccc5)nc(-c5ccccc5)n4)cc3)ccc1-2. The minimum atomic E-state index is -0.585. The van der Waals surface area contributed by atoms with Gasteiger partial charge in [-0.3, -0.25) is 0 Å². The second-order valence-corrected chi connectivity index (χ2v) is 12.9. The highest BCUT2D eigenvalue weighted by atomic mass is 14.9. The van der Waals surface area contributed by atoms with Crippen LogP contribution in [0.4, 0.5) is 0 Å². The Labute approximate surface area is 297 Å². The fraction of sp³-hybridized carbons (Fsp3) is 0.0208. The zero-order valence-corrected chi connectivity index (χ0v) is 27.7. The van der Waals surface area contributed by atoms with Crippen LogP contribution in [0.2, 0.25) is 0 Å². The first-order chi connectivity index (χ1) is 25.2. The van der Waals surface area contributed by atoms with Crippen LogP contribution < -0.4 is 0 Å². The van der Waals surface area contributed by atoms with Gasteiger partial charge in [-0.05, 0) is 68.8 Å². The zero-order chi connectivity index (χ0) is 34.2. The monoisotopic (exact) mass is 649 g/mol. The molecule has 7 aromatic carbocycles. The number of hydrogen-bond acceptors (Lipinski definition) is 3. The average Bonchev–Trinajstić information content (AvgIpc) is 3.51. The van der Waals surface area contributed by atoms with Crippen molar-refractivity contribution in [3.63, 3.8) is 0 Å². The summed E-state index contributed by atoms with van der Waals surface area (Å²) in [4.78, 5) is 10.00. The standard InChI is InChI=1S/C48H31N3/c49-32-33-21-27-41-42-28-26-38(30-44(42)48(43(41)29-33,39-17-9-3-10-18-39)40-19-11-4-12-20-40)34-22-24-36(25-23-34)46-31-45(35-13-5-1-6-14-35)50-47(51-46)37-15-7-2-8-16-37/h1-31H. The van der Waals surface area contributed by atoms with E-state index in [9.17, 15) is 5.26 Å². The smallest absolute Gasteiger partial charge is 0.160 e. The molecule has 0 N–H and O–H groups in total. The number of nitriles is 1. The first-order valence-corrected chi connectivity index (χ1v) is 17.1. The molecule has 0 amide bonds. The molecule has 0 fully saturated rings. The number of nitrogens with zero attached hydrogens (tertiary/aromatic N) is 3. The first kappa shape index (κ1) is 30.2. The number of aromatic nitrogens is 2. The molecule has 0 radical (unpaired) electrons. The van der Waals surface area contributed by atoms with Gasteiger partial charge in [-0.2, -0.15) is 5.26 Å². The van der Waals surface area contributed by atoms with Crippen molar-refractivity contribution in [1.82, 2.24) is 9.97 Å². The molecule has 0 spiro atoms. The summed E-state index contributed by atoms with van der Waals surface area (Å²) in [6.45, 7) is 0. The van der Waals surface area contributed by atoms with E-state index in [-0.39, 0.29) is 0 Å². The molecular weight excluding hydrogens is 619 g/mol. The normalized spacial score (nSPS) is 12.5. The van der Waals surface area contributed by atoms with Crippen LogP contribution in [0.15, 0.2) is 188 Å². The van der Waals surface area contributed by atoms with Gasteiger partial charge in [-0.25, -0.2) is 9.97 Å². The molecule has 51 heavy (non-hydrogen) atoms. The topological polar surface area (TPSA) is 49.6 Å². The molecular formula is C48H31N3. The second-order valence-electron chi connectivity index (χ2n) is 12.9. The Morgan fingerprint density at radius 1 is 0.392 bits per heavy atom. The van der Waals surface area contributed by atoms with Gasteiger partial charge in [0.15, 0.2) is 5.82 Å². The van der Waals surface area contributed by atoms with E-state index in [4.69, 9.17) is 9.97 Å². The lowest BCUT2D eigenvalue weighted by atomic mass is 9.67. The summed E-state index contributed by atoms with van der Waals surface area (Å²) >= 11 is 0. The van der Waals surface area contributed by atoms with Crippen molar-refractivity contribution in [3.05, 3.63) is 216 Å². The van der Waals surface area contributed by atoms with E-state index in [1.165, 1.54) is 22.3 Å². The molecule has 1 aromatic heterocycles. The minimum absolute atomic E-state index is 0.585. The minimum Gasteiger partial charge on any atom is -0.228 e. The Balaban J connectivity index is 1.18. The molecule has 3 heteroatoms. The van der Waals surface area contributed by atoms with Crippen LogP contribution >= 0.6 is 0 Å². The fourth-order valence-electron chi connectivity index (χ4n) is 7.64. The van der Waals surface area contributed by atoms with Gasteiger partial charge in [0.05, 0.1) is 28.4 Å². The molecule has 1 aliphatic rings. The quantitative estimate of drug-likeness (QED) is 0.180. The average molecular weight is 650 g/mol. The molecule has 0 aliphatic heterocycles. The van der Waals surface area contributed by atoms with Crippen LogP contribution in [0, 0.1) is 11.3 Å². The van der Waals surface area contributed by atoms with Gasteiger partial charge in [-0.15, -0.1) is 0 Å². The molecule has 0 saturated heterocycles. The molecule has 0 saturated carbocycles. The number of fused-ring (bicyclic) bond motifs is 3. The van der Waals surface area contributed by atoms with E-state index in [0.29, 0.717) is 11.4 Å². The summed E-state index contributed by atoms with van der Waals surface area (Å²) in [5.74, 6) is 0.701. The highest BCUT2D eigenvalue weighted by molar-refractivity contribution is 5.89. The van der Waals surface area contributed by atoms with E-state index >= 15 is 0 Å². The van der Waals surface area contributed by atoms with E-state index in [2.05, 4.69) is 152 Å². The third kappa shape index (κ3) is 5.14. The van der Waals surface area contributed by atoms with E-state index in [0.717, 1.165) is 50.3 Å². The van der Waals surface area contributed by atoms with Gasteiger partial charge in [0.25, 0.3) is 0 Å². The Kier molecular flexibility index (Phi) is 7.42. The molecule has 0 atom stereocenters. The fourth-order valence-corrected chi connectivity index (χ4v) is 7.64. The number of hydrogen-bond donors (Lipinski definition) is 0. The van der Waals surface area contributed by atoms with Crippen molar-refractivity contribution in [3.8, 4) is 62.2 Å². The van der Waals surface area contributed by atoms with Gasteiger partial charge in [0.1, 0.15) is 0 Å². The maximum absolute atomic E-state index is 9.98. The van der Waals surface area contributed by atoms with Gasteiger partial charge >= 0.3 is 0 Å². The lowest BCUT2D eigenvalue weighted by Gasteiger charge is -2.34. The van der Waals surface area contributed by atoms with Gasteiger partial charge in [0, 0.05) is 16.7 Å². The van der Waals surface area contributed by atoms with Crippen molar-refractivity contribution >= 4 is 0 Å². The van der Waals surface area contributed by atoms with Crippen LogP contribution in [-0.2, 0) is 5.41 Å². The molecule has 3 nitrogen and oxygen atoms in total. The molecule has 1 aliphatic carbocycles. The third-order valence-electron chi connectivity index (χ3n) is 10.0. The van der Waals surface area contributed by atoms with Crippen molar-refractivity contribution in [2.24, 2.45) is 0 Å². The summed E-state index contributed by atoms with van der Waals surface area (Å²) in [7, 11) is 0. The number of benzene rings is 7. The Morgan fingerprint density at radius 2 is 0.843 bits per heavy atom. The van der Waals surface area contributed by atoms with E-state index < -0.39 is 5.41 Å². The molecule has 9 rings (SSSR count). The van der Waals surface area contributed by atoms with Crippen LogP contribution in [-0.4, -0.2) is 9.97 Å². The Bertz CT molecular complexity index is 2460. The van der Waals surface area contributed by atoms with Crippen molar-refractivity contribution in [1.29, 1.82) is 5.26 Å². The van der Waals surface area contributed by atoms with Gasteiger partial charge in [-0.1, -0.05) is 164 Å². The van der Waals surface area contributed by atoms with Gasteiger partial charge in [0.2, 0.25) is 0 Å². The highest BCUT2D eigenvalue weighted by Crippen LogP contribution is 2.57. The van der Waals surface area contributed by atoms with E-state index in [1.54, 1.807) is 0 Å². The van der Waals surface area contributed by atoms with E-state index in [1.807, 2.05) is 42.5 Å². The van der Waals surface area contributed by atoms with Crippen LogP contribution in [0.5, 0.6) is 0 Å². The van der Waals surface area contributed by atoms with Crippen LogP contribution in [0.1, 0.15) is 27.8 Å². The largest absolute Gasteiger partial charge is 0.228 e. The lowest BCUT2D eigenvalue weighted by Crippen LogP contribution is -2.28. The maximum Gasteiger partial charge on any atom is 0.160 e. The third-order valence-corrected chi connectivity index (χ3v) is 10.0. The summed E-state index contributed by atoms with van der Waals surface area (Å²) in [6.07, 6.45) is 0. The van der Waals surface area contributed by atoms with Crippen molar-refractivity contribution in [2.45, 2.75) is 5.41 Å². The molecule has 238 valence electrons. The molecule has 0 unspecified atom stereocenters. The van der Waals surface area contributed by atoms with Crippen molar-refractivity contribution in [2.75, 3.05) is 0 Å². The summed E-state index contributed by atoms with van der Waals surface area (Å²) in [5.41, 5.74) is 14.2. The highest BCUT2D eigenvalue weighted by Gasteiger charge is 2.46. The van der Waals surface area contributed by atoms with Gasteiger partial charge < -0.3 is 0 Å². The molecule has 0 bridgehead atoms. The predicted octanol–water partition coefficient (Wildman–Crippen LogP) is 11.4. The predicted molar refractivity (Wildman–Crippen MR) is 206 cm³/mol. The molecule has 1 heterocycles. The lowest BCUT2D eigenvalue weighted by molar-refractivity contribution is 0.768. The zero-order valence-electron chi connectivity index (χ0n) is 27.7. The second kappa shape index (κ2) is 12.5. The summed E-state index contributed by atoms with van der Waals surface area (Å²) in [5, 5.41) is 9.98. The maximum atomic E-state index is 9.98. The Hall–Kier alpha value is -6.89. The number of rotatable bonds is 6.